The van der Waals surface area contributed by atoms with Crippen LogP contribution in [0.4, 0.5) is 0 Å². The van der Waals surface area contributed by atoms with Crippen LogP contribution in [0.25, 0.3) is 0 Å². The molecule has 0 fully saturated rings. The molecule has 0 aliphatic rings. The van der Waals surface area contributed by atoms with E-state index in [4.69, 9.17) is 10.6 Å². The highest BCUT2D eigenvalue weighted by atomic mass is 16.5. The Morgan fingerprint density at radius 2 is 1.88 bits per heavy atom. The third-order valence-electron chi connectivity index (χ3n) is 3.44. The number of hydrogen-bond donors (Lipinski definition) is 2. The summed E-state index contributed by atoms with van der Waals surface area (Å²) in [6, 6.07) is 6.53. The minimum Gasteiger partial charge on any atom is -0.380 e. The quantitative estimate of drug-likeness (QED) is 0.587. The van der Waals surface area contributed by atoms with E-state index in [1.807, 2.05) is 0 Å². The van der Waals surface area contributed by atoms with Gasteiger partial charge in [0.1, 0.15) is 0 Å². The SMILES string of the molecule is CCC(OC)C(Cc1c(C)cccc1C)NN. The van der Waals surface area contributed by atoms with Gasteiger partial charge in [0.15, 0.2) is 0 Å². The van der Waals surface area contributed by atoms with Gasteiger partial charge in [-0.25, -0.2) is 0 Å². The molecule has 3 N–H and O–H groups in total. The molecule has 0 saturated carbocycles. The first-order chi connectivity index (χ1) is 8.13. The zero-order valence-electron chi connectivity index (χ0n) is 11.3. The van der Waals surface area contributed by atoms with Gasteiger partial charge >= 0.3 is 0 Å². The summed E-state index contributed by atoms with van der Waals surface area (Å²) in [6.45, 7) is 6.40. The largest absolute Gasteiger partial charge is 0.380 e. The molecule has 96 valence electrons. The Kier molecular flexibility index (Phi) is 5.62. The fourth-order valence-corrected chi connectivity index (χ4v) is 2.30. The van der Waals surface area contributed by atoms with Crippen molar-refractivity contribution in [2.24, 2.45) is 5.84 Å². The van der Waals surface area contributed by atoms with E-state index in [-0.39, 0.29) is 12.1 Å². The van der Waals surface area contributed by atoms with E-state index in [0.717, 1.165) is 12.8 Å². The van der Waals surface area contributed by atoms with E-state index in [1.165, 1.54) is 16.7 Å². The number of nitrogens with two attached hydrogens (primary N) is 1. The molecular formula is C14H24N2O. The van der Waals surface area contributed by atoms with Gasteiger partial charge in [-0.05, 0) is 43.4 Å². The standard InChI is InChI=1S/C14H24N2O/c1-5-14(17-4)13(16-15)9-12-10(2)7-6-8-11(12)3/h6-8,13-14,16H,5,9,15H2,1-4H3. The highest BCUT2D eigenvalue weighted by molar-refractivity contribution is 5.34. The third-order valence-corrected chi connectivity index (χ3v) is 3.44. The number of rotatable bonds is 6. The van der Waals surface area contributed by atoms with E-state index >= 15 is 0 Å². The second-order valence-electron chi connectivity index (χ2n) is 4.53. The van der Waals surface area contributed by atoms with Crippen molar-refractivity contribution in [1.29, 1.82) is 0 Å². The van der Waals surface area contributed by atoms with Crippen molar-refractivity contribution >= 4 is 0 Å². The van der Waals surface area contributed by atoms with Gasteiger partial charge in [-0.3, -0.25) is 11.3 Å². The molecule has 1 aromatic rings. The predicted octanol–water partition coefficient (Wildman–Crippen LogP) is 2.10. The second kappa shape index (κ2) is 6.74. The Balaban J connectivity index is 2.87. The molecule has 0 aliphatic carbocycles. The Hall–Kier alpha value is -0.900. The lowest BCUT2D eigenvalue weighted by molar-refractivity contribution is 0.0653. The number of benzene rings is 1. The third kappa shape index (κ3) is 3.53. The fraction of sp³-hybridized carbons (Fsp3) is 0.571. The average molecular weight is 236 g/mol. The zero-order valence-corrected chi connectivity index (χ0v) is 11.3. The van der Waals surface area contributed by atoms with Crippen molar-refractivity contribution in [3.8, 4) is 0 Å². The molecule has 0 bridgehead atoms. The summed E-state index contributed by atoms with van der Waals surface area (Å²) in [5.41, 5.74) is 6.88. The zero-order chi connectivity index (χ0) is 12.8. The monoisotopic (exact) mass is 236 g/mol. The first kappa shape index (κ1) is 14.2. The van der Waals surface area contributed by atoms with E-state index in [1.54, 1.807) is 7.11 Å². The molecule has 0 saturated heterocycles. The summed E-state index contributed by atoms with van der Waals surface area (Å²) in [6.07, 6.45) is 2.01. The molecular weight excluding hydrogens is 212 g/mol. The molecule has 1 aromatic carbocycles. The lowest BCUT2D eigenvalue weighted by atomic mass is 9.93. The molecule has 2 atom stereocenters. The number of methoxy groups -OCH3 is 1. The Morgan fingerprint density at radius 3 is 2.29 bits per heavy atom. The van der Waals surface area contributed by atoms with Crippen LogP contribution < -0.4 is 11.3 Å². The molecule has 0 radical (unpaired) electrons. The minimum absolute atomic E-state index is 0.152. The highest BCUT2D eigenvalue weighted by Gasteiger charge is 2.20. The molecule has 3 nitrogen and oxygen atoms in total. The Bertz CT molecular complexity index is 328. The number of hydrogen-bond acceptors (Lipinski definition) is 3. The van der Waals surface area contributed by atoms with Crippen molar-refractivity contribution in [1.82, 2.24) is 5.43 Å². The summed E-state index contributed by atoms with van der Waals surface area (Å²) in [5, 5.41) is 0. The van der Waals surface area contributed by atoms with Crippen LogP contribution in [-0.4, -0.2) is 19.3 Å². The van der Waals surface area contributed by atoms with Gasteiger partial charge in [-0.15, -0.1) is 0 Å². The van der Waals surface area contributed by atoms with Gasteiger partial charge in [-0.2, -0.15) is 0 Å². The molecule has 0 heterocycles. The van der Waals surface area contributed by atoms with Crippen LogP contribution >= 0.6 is 0 Å². The maximum absolute atomic E-state index is 5.64. The molecule has 2 unspecified atom stereocenters. The topological polar surface area (TPSA) is 47.3 Å². The smallest absolute Gasteiger partial charge is 0.0738 e. The van der Waals surface area contributed by atoms with Crippen LogP contribution in [0, 0.1) is 13.8 Å². The van der Waals surface area contributed by atoms with Crippen molar-refractivity contribution in [2.45, 2.75) is 45.8 Å². The number of aryl methyl sites for hydroxylation is 2. The summed E-state index contributed by atoms with van der Waals surface area (Å²) in [4.78, 5) is 0. The normalized spacial score (nSPS) is 14.6. The molecule has 17 heavy (non-hydrogen) atoms. The average Bonchev–Trinajstić information content (AvgIpc) is 2.33. The summed E-state index contributed by atoms with van der Waals surface area (Å²) in [7, 11) is 1.74. The van der Waals surface area contributed by atoms with E-state index in [2.05, 4.69) is 44.4 Å². The first-order valence-corrected chi connectivity index (χ1v) is 6.18. The van der Waals surface area contributed by atoms with Crippen LogP contribution in [0.3, 0.4) is 0 Å². The van der Waals surface area contributed by atoms with Crippen molar-refractivity contribution in [2.75, 3.05) is 7.11 Å². The van der Waals surface area contributed by atoms with Crippen molar-refractivity contribution < 1.29 is 4.74 Å². The van der Waals surface area contributed by atoms with Gasteiger partial charge in [0, 0.05) is 7.11 Å². The Morgan fingerprint density at radius 1 is 1.29 bits per heavy atom. The Labute approximate surface area is 104 Å². The van der Waals surface area contributed by atoms with Crippen LogP contribution in [-0.2, 0) is 11.2 Å². The first-order valence-electron chi connectivity index (χ1n) is 6.18. The van der Waals surface area contributed by atoms with Gasteiger partial charge < -0.3 is 4.74 Å². The van der Waals surface area contributed by atoms with Gasteiger partial charge in [0.2, 0.25) is 0 Å². The molecule has 0 aromatic heterocycles. The molecule has 3 heteroatoms. The van der Waals surface area contributed by atoms with Crippen molar-refractivity contribution in [3.05, 3.63) is 34.9 Å². The van der Waals surface area contributed by atoms with Crippen LogP contribution in [0.1, 0.15) is 30.0 Å². The van der Waals surface area contributed by atoms with Gasteiger partial charge in [-0.1, -0.05) is 25.1 Å². The molecule has 0 spiro atoms. The molecule has 1 rings (SSSR count). The van der Waals surface area contributed by atoms with Gasteiger partial charge in [0.05, 0.1) is 12.1 Å². The lowest BCUT2D eigenvalue weighted by Crippen LogP contribution is -2.46. The number of ether oxygens (including phenoxy) is 1. The number of nitrogens with one attached hydrogen (secondary N) is 1. The van der Waals surface area contributed by atoms with E-state index < -0.39 is 0 Å². The van der Waals surface area contributed by atoms with E-state index in [0.29, 0.717) is 0 Å². The summed E-state index contributed by atoms with van der Waals surface area (Å²) in [5.74, 6) is 5.64. The predicted molar refractivity (Wildman–Crippen MR) is 71.8 cm³/mol. The summed E-state index contributed by atoms with van der Waals surface area (Å²) < 4.78 is 5.46. The van der Waals surface area contributed by atoms with Crippen LogP contribution in [0.15, 0.2) is 18.2 Å². The lowest BCUT2D eigenvalue weighted by Gasteiger charge is -2.25. The summed E-state index contributed by atoms with van der Waals surface area (Å²) >= 11 is 0. The van der Waals surface area contributed by atoms with Crippen LogP contribution in [0.2, 0.25) is 0 Å². The van der Waals surface area contributed by atoms with Crippen molar-refractivity contribution in [3.63, 3.8) is 0 Å². The fourth-order valence-electron chi connectivity index (χ4n) is 2.30. The van der Waals surface area contributed by atoms with Gasteiger partial charge in [0.25, 0.3) is 0 Å². The van der Waals surface area contributed by atoms with Crippen LogP contribution in [0.5, 0.6) is 0 Å². The molecule has 0 amide bonds. The maximum atomic E-state index is 5.64. The minimum atomic E-state index is 0.152. The number of hydrazine groups is 1. The molecule has 0 aliphatic heterocycles. The second-order valence-corrected chi connectivity index (χ2v) is 4.53. The van der Waals surface area contributed by atoms with E-state index in [9.17, 15) is 0 Å². The highest BCUT2D eigenvalue weighted by Crippen LogP contribution is 2.17. The maximum Gasteiger partial charge on any atom is 0.0738 e.